The minimum absolute atomic E-state index is 0.0504. The molecule has 0 aliphatic carbocycles. The lowest BCUT2D eigenvalue weighted by Gasteiger charge is -2.23. The number of halogens is 3. The Hall–Kier alpha value is -4.65. The molecule has 0 bridgehead atoms. The second-order valence-corrected chi connectivity index (χ2v) is 11.4. The molecule has 43 heavy (non-hydrogen) atoms. The van der Waals surface area contributed by atoms with Gasteiger partial charge in [-0.25, -0.2) is 13.2 Å². The molecule has 13 heteroatoms. The Morgan fingerprint density at radius 2 is 1.63 bits per heavy atom. The Labute approximate surface area is 246 Å². The molecule has 0 saturated heterocycles. The van der Waals surface area contributed by atoms with Crippen molar-refractivity contribution in [2.45, 2.75) is 23.4 Å². The fourth-order valence-corrected chi connectivity index (χ4v) is 6.48. The summed E-state index contributed by atoms with van der Waals surface area (Å²) in [6.07, 6.45) is -2.73. The highest BCUT2D eigenvalue weighted by Gasteiger charge is 2.41. The highest BCUT2D eigenvalue weighted by atomic mass is 32.2. The number of carboxylic acid groups (broad SMARTS) is 1. The van der Waals surface area contributed by atoms with Crippen LogP contribution in [0.1, 0.15) is 17.2 Å². The summed E-state index contributed by atoms with van der Waals surface area (Å²) in [5, 5.41) is 8.42. The molecule has 1 unspecified atom stereocenters. The quantitative estimate of drug-likeness (QED) is 0.315. The van der Waals surface area contributed by atoms with Crippen molar-refractivity contribution in [2.24, 2.45) is 0 Å². The van der Waals surface area contributed by atoms with Gasteiger partial charge in [-0.05, 0) is 35.9 Å². The van der Waals surface area contributed by atoms with Crippen LogP contribution < -0.4 is 9.04 Å². The molecule has 0 radical (unpaired) electrons. The average Bonchev–Trinajstić information content (AvgIpc) is 3.40. The predicted octanol–water partition coefficient (Wildman–Crippen LogP) is 4.87. The maximum absolute atomic E-state index is 14.0. The van der Waals surface area contributed by atoms with E-state index in [1.54, 1.807) is 55.6 Å². The number of rotatable bonds is 7. The first-order valence-electron chi connectivity index (χ1n) is 13.0. The second-order valence-electron chi connectivity index (χ2n) is 9.59. The van der Waals surface area contributed by atoms with Gasteiger partial charge in [-0.3, -0.25) is 14.1 Å². The molecule has 1 aliphatic heterocycles. The van der Waals surface area contributed by atoms with Gasteiger partial charge in [0.15, 0.2) is 0 Å². The molecule has 0 saturated carbocycles. The Bertz CT molecular complexity index is 1730. The number of methoxy groups -OCH3 is 1. The van der Waals surface area contributed by atoms with Gasteiger partial charge in [-0.1, -0.05) is 48.5 Å². The highest BCUT2D eigenvalue weighted by molar-refractivity contribution is 7.93. The van der Waals surface area contributed by atoms with Crippen molar-refractivity contribution in [3.8, 4) is 5.75 Å². The zero-order valence-corrected chi connectivity index (χ0v) is 24.0. The fourth-order valence-electron chi connectivity index (χ4n) is 4.78. The number of aliphatic carboxylic acids is 1. The van der Waals surface area contributed by atoms with Crippen LogP contribution in [-0.4, -0.2) is 68.7 Å². The largest absolute Gasteiger partial charge is 0.496 e. The number of carbonyl (C=O) groups excluding carboxylic acids is 1. The van der Waals surface area contributed by atoms with E-state index in [2.05, 4.69) is 4.98 Å². The number of nitrogens with zero attached hydrogens (tertiary/aromatic N) is 3. The summed E-state index contributed by atoms with van der Waals surface area (Å²) < 4.78 is 66.6. The zero-order valence-electron chi connectivity index (χ0n) is 23.2. The van der Waals surface area contributed by atoms with Crippen LogP contribution in [0.5, 0.6) is 5.75 Å². The Kier molecular flexibility index (Phi) is 9.24. The topological polar surface area (TPSA) is 117 Å². The number of hydrogen-bond acceptors (Lipinski definition) is 6. The molecule has 2 heterocycles. The van der Waals surface area contributed by atoms with Gasteiger partial charge in [0, 0.05) is 42.7 Å². The third-order valence-corrected chi connectivity index (χ3v) is 8.75. The summed E-state index contributed by atoms with van der Waals surface area (Å²) in [5.74, 6) is -2.86. The SMILES string of the molecule is COc1ccc(S(=O)(=O)N2CC(C(=O)N(C)CCc3ccccn3)c3ccccc32)c2ccccc12.O=C(O)C(F)(F)F. The van der Waals surface area contributed by atoms with Crippen LogP contribution in [-0.2, 0) is 26.0 Å². The molecule has 1 N–H and O–H groups in total. The van der Waals surface area contributed by atoms with Gasteiger partial charge >= 0.3 is 12.1 Å². The molecular formula is C30H28F3N3O6S. The number of anilines is 1. The summed E-state index contributed by atoms with van der Waals surface area (Å²) in [6.45, 7) is 0.541. The van der Waals surface area contributed by atoms with Crippen LogP contribution in [0.2, 0.25) is 0 Å². The third kappa shape index (κ3) is 6.72. The van der Waals surface area contributed by atoms with E-state index >= 15 is 0 Å². The minimum Gasteiger partial charge on any atom is -0.496 e. The maximum atomic E-state index is 14.0. The number of alkyl halides is 3. The monoisotopic (exact) mass is 615 g/mol. The molecule has 4 aromatic rings. The Morgan fingerprint density at radius 3 is 2.26 bits per heavy atom. The molecule has 3 aromatic carbocycles. The highest BCUT2D eigenvalue weighted by Crippen LogP contribution is 2.42. The second kappa shape index (κ2) is 12.7. The number of para-hydroxylation sites is 1. The Morgan fingerprint density at radius 1 is 1.00 bits per heavy atom. The van der Waals surface area contributed by atoms with E-state index in [0.29, 0.717) is 35.4 Å². The third-order valence-electron chi connectivity index (χ3n) is 6.91. The van der Waals surface area contributed by atoms with E-state index in [1.807, 2.05) is 48.5 Å². The number of likely N-dealkylation sites (N-methyl/N-ethyl adjacent to an activating group) is 1. The molecule has 5 rings (SSSR count). The molecule has 1 amide bonds. The molecule has 9 nitrogen and oxygen atoms in total. The standard InChI is InChI=1S/C28H27N3O4S.C2HF3O2/c1-30(18-16-20-9-7-8-17-29-20)28(32)24-19-31(25-13-6-5-10-21(24)25)36(33,34)27-15-14-26(35-2)22-11-3-4-12-23(22)27;3-2(4,5)1(6)7/h3-15,17,24H,16,18-19H2,1-2H3;(H,6,7). The number of amides is 1. The smallest absolute Gasteiger partial charge is 0.490 e. The van der Waals surface area contributed by atoms with Gasteiger partial charge in [0.05, 0.1) is 30.2 Å². The van der Waals surface area contributed by atoms with Crippen LogP contribution in [0.15, 0.2) is 90.0 Å². The van der Waals surface area contributed by atoms with Gasteiger partial charge in [-0.15, -0.1) is 0 Å². The van der Waals surface area contributed by atoms with Crippen molar-refractivity contribution in [2.75, 3.05) is 31.6 Å². The molecule has 0 spiro atoms. The van der Waals surface area contributed by atoms with Crippen molar-refractivity contribution >= 4 is 38.4 Å². The fraction of sp³-hybridized carbons (Fsp3) is 0.233. The zero-order chi connectivity index (χ0) is 31.4. The minimum atomic E-state index is -5.08. The summed E-state index contributed by atoms with van der Waals surface area (Å²) in [7, 11) is -0.639. The van der Waals surface area contributed by atoms with Crippen molar-refractivity contribution in [3.63, 3.8) is 0 Å². The van der Waals surface area contributed by atoms with Gasteiger partial charge in [0.1, 0.15) is 5.75 Å². The lowest BCUT2D eigenvalue weighted by molar-refractivity contribution is -0.192. The van der Waals surface area contributed by atoms with E-state index in [-0.39, 0.29) is 17.3 Å². The lowest BCUT2D eigenvalue weighted by Crippen LogP contribution is -2.37. The van der Waals surface area contributed by atoms with Crippen molar-refractivity contribution < 1.29 is 41.0 Å². The van der Waals surface area contributed by atoms with Crippen LogP contribution in [0.4, 0.5) is 18.9 Å². The normalized spacial score (nSPS) is 14.4. The number of aromatic nitrogens is 1. The van der Waals surface area contributed by atoms with Crippen LogP contribution >= 0.6 is 0 Å². The average molecular weight is 616 g/mol. The maximum Gasteiger partial charge on any atom is 0.490 e. The van der Waals surface area contributed by atoms with Crippen LogP contribution in [0, 0.1) is 0 Å². The molecule has 1 atom stereocenters. The number of carboxylic acids is 1. The molecule has 226 valence electrons. The summed E-state index contributed by atoms with van der Waals surface area (Å²) in [5.41, 5.74) is 2.15. The van der Waals surface area contributed by atoms with Crippen LogP contribution in [0.3, 0.4) is 0 Å². The van der Waals surface area contributed by atoms with Crippen molar-refractivity contribution in [1.82, 2.24) is 9.88 Å². The lowest BCUT2D eigenvalue weighted by atomic mass is 10.00. The number of benzene rings is 3. The predicted molar refractivity (Wildman–Crippen MR) is 153 cm³/mol. The first-order chi connectivity index (χ1) is 20.4. The molecule has 0 fully saturated rings. The van der Waals surface area contributed by atoms with Crippen molar-refractivity contribution in [1.29, 1.82) is 0 Å². The number of ether oxygens (including phenoxy) is 1. The van der Waals surface area contributed by atoms with Gasteiger partial charge < -0.3 is 14.7 Å². The van der Waals surface area contributed by atoms with Gasteiger partial charge in [0.2, 0.25) is 5.91 Å². The van der Waals surface area contributed by atoms with E-state index in [9.17, 15) is 26.4 Å². The summed E-state index contributed by atoms with van der Waals surface area (Å²) >= 11 is 0. The molecular weight excluding hydrogens is 587 g/mol. The van der Waals surface area contributed by atoms with Crippen molar-refractivity contribution in [3.05, 3.63) is 96.3 Å². The summed E-state index contributed by atoms with van der Waals surface area (Å²) in [6, 6.07) is 23.5. The first kappa shape index (κ1) is 31.3. The van der Waals surface area contributed by atoms with Gasteiger partial charge in [0.25, 0.3) is 10.0 Å². The number of pyridine rings is 1. The first-order valence-corrected chi connectivity index (χ1v) is 14.4. The number of sulfonamides is 1. The number of hydrogen-bond donors (Lipinski definition) is 1. The number of fused-ring (bicyclic) bond motifs is 2. The van der Waals surface area contributed by atoms with E-state index in [1.165, 1.54) is 4.31 Å². The number of carbonyl (C=O) groups is 2. The van der Waals surface area contributed by atoms with E-state index < -0.39 is 28.1 Å². The Balaban J connectivity index is 0.000000541. The molecule has 1 aromatic heterocycles. The van der Waals surface area contributed by atoms with E-state index in [0.717, 1.165) is 11.1 Å². The van der Waals surface area contributed by atoms with Crippen LogP contribution in [0.25, 0.3) is 10.8 Å². The van der Waals surface area contributed by atoms with E-state index in [4.69, 9.17) is 14.6 Å². The van der Waals surface area contributed by atoms with Gasteiger partial charge in [-0.2, -0.15) is 13.2 Å². The summed E-state index contributed by atoms with van der Waals surface area (Å²) in [4.78, 5) is 28.6. The molecule has 1 aliphatic rings.